The first-order valence-corrected chi connectivity index (χ1v) is 7.93. The zero-order valence-electron chi connectivity index (χ0n) is 12.3. The first kappa shape index (κ1) is 15.4. The molecule has 0 aromatic heterocycles. The predicted molar refractivity (Wildman–Crippen MR) is 91.4 cm³/mol. The number of aryl methyl sites for hydroxylation is 1. The molecular formula is C17H20N2OS. The van der Waals surface area contributed by atoms with Crippen LogP contribution in [0.15, 0.2) is 48.5 Å². The van der Waals surface area contributed by atoms with Crippen LogP contribution in [0.2, 0.25) is 0 Å². The molecule has 4 heteroatoms. The number of nitrogens with two attached hydrogens (primary N) is 1. The highest BCUT2D eigenvalue weighted by atomic mass is 32.2. The highest BCUT2D eigenvalue weighted by Crippen LogP contribution is 2.20. The van der Waals surface area contributed by atoms with Gasteiger partial charge in [0.15, 0.2) is 0 Å². The van der Waals surface area contributed by atoms with Gasteiger partial charge in [-0.2, -0.15) is 0 Å². The van der Waals surface area contributed by atoms with Crippen LogP contribution in [-0.4, -0.2) is 11.2 Å². The van der Waals surface area contributed by atoms with Crippen LogP contribution in [0.3, 0.4) is 0 Å². The minimum atomic E-state index is -0.119. The fourth-order valence-electron chi connectivity index (χ4n) is 1.96. The number of amides is 1. The van der Waals surface area contributed by atoms with E-state index in [1.807, 2.05) is 25.1 Å². The van der Waals surface area contributed by atoms with Crippen molar-refractivity contribution in [2.45, 2.75) is 24.9 Å². The summed E-state index contributed by atoms with van der Waals surface area (Å²) in [7, 11) is 0. The molecule has 0 aliphatic heterocycles. The summed E-state index contributed by atoms with van der Waals surface area (Å²) in [4.78, 5) is 12.1. The van der Waals surface area contributed by atoms with Crippen molar-refractivity contribution in [2.75, 3.05) is 11.1 Å². The van der Waals surface area contributed by atoms with Gasteiger partial charge in [0.25, 0.3) is 0 Å². The normalized spacial score (nSPS) is 11.9. The van der Waals surface area contributed by atoms with Crippen molar-refractivity contribution >= 4 is 29.0 Å². The summed E-state index contributed by atoms with van der Waals surface area (Å²) in [5, 5.41) is 2.77. The standard InChI is InChI=1S/C17H20N2OS/c1-12-5-3-6-14(9-12)11-21-13(2)17(20)19-16-8-4-7-15(18)10-16/h3-10,13H,11,18H2,1-2H3,(H,19,20). The van der Waals surface area contributed by atoms with Gasteiger partial charge in [-0.25, -0.2) is 0 Å². The number of anilines is 2. The third kappa shape index (κ3) is 4.83. The molecule has 0 fully saturated rings. The summed E-state index contributed by atoms with van der Waals surface area (Å²) in [6.45, 7) is 3.99. The Bertz CT molecular complexity index is 628. The molecule has 1 atom stereocenters. The third-order valence-electron chi connectivity index (χ3n) is 3.11. The summed E-state index contributed by atoms with van der Waals surface area (Å²) < 4.78 is 0. The molecule has 2 rings (SSSR count). The fourth-order valence-corrected chi connectivity index (χ4v) is 2.79. The van der Waals surface area contributed by atoms with Crippen LogP contribution in [0.1, 0.15) is 18.1 Å². The zero-order valence-corrected chi connectivity index (χ0v) is 13.1. The van der Waals surface area contributed by atoms with Gasteiger partial charge >= 0.3 is 0 Å². The van der Waals surface area contributed by atoms with Crippen molar-refractivity contribution in [3.05, 3.63) is 59.7 Å². The Labute approximate surface area is 129 Å². The molecule has 110 valence electrons. The maximum absolute atomic E-state index is 12.1. The number of benzene rings is 2. The minimum Gasteiger partial charge on any atom is -0.399 e. The molecule has 3 nitrogen and oxygen atoms in total. The molecular weight excluding hydrogens is 280 g/mol. The molecule has 1 unspecified atom stereocenters. The second kappa shape index (κ2) is 7.18. The second-order valence-electron chi connectivity index (χ2n) is 5.06. The van der Waals surface area contributed by atoms with E-state index >= 15 is 0 Å². The Hall–Kier alpha value is -1.94. The number of nitrogen functional groups attached to an aromatic ring is 1. The lowest BCUT2D eigenvalue weighted by Gasteiger charge is -2.12. The van der Waals surface area contributed by atoms with E-state index in [-0.39, 0.29) is 11.2 Å². The zero-order chi connectivity index (χ0) is 15.2. The van der Waals surface area contributed by atoms with Gasteiger partial charge in [-0.05, 0) is 37.6 Å². The van der Waals surface area contributed by atoms with E-state index in [2.05, 4.69) is 30.4 Å². The molecule has 1 amide bonds. The van der Waals surface area contributed by atoms with Crippen LogP contribution in [0, 0.1) is 6.92 Å². The van der Waals surface area contributed by atoms with Crippen molar-refractivity contribution in [2.24, 2.45) is 0 Å². The van der Waals surface area contributed by atoms with E-state index in [1.54, 1.807) is 23.9 Å². The number of nitrogens with one attached hydrogen (secondary N) is 1. The first-order chi connectivity index (χ1) is 10.0. The van der Waals surface area contributed by atoms with Gasteiger partial charge in [-0.1, -0.05) is 35.9 Å². The molecule has 0 aliphatic rings. The van der Waals surface area contributed by atoms with Crippen molar-refractivity contribution in [1.82, 2.24) is 0 Å². The minimum absolute atomic E-state index is 0.00162. The molecule has 0 aliphatic carbocycles. The van der Waals surface area contributed by atoms with E-state index in [0.717, 1.165) is 11.4 Å². The highest BCUT2D eigenvalue weighted by Gasteiger charge is 2.13. The summed E-state index contributed by atoms with van der Waals surface area (Å²) in [6, 6.07) is 15.6. The van der Waals surface area contributed by atoms with Gasteiger partial charge < -0.3 is 11.1 Å². The fraction of sp³-hybridized carbons (Fsp3) is 0.235. The molecule has 3 N–H and O–H groups in total. The van der Waals surface area contributed by atoms with E-state index in [0.29, 0.717) is 5.69 Å². The lowest BCUT2D eigenvalue weighted by molar-refractivity contribution is -0.115. The average Bonchev–Trinajstić information content (AvgIpc) is 2.45. The maximum atomic E-state index is 12.1. The summed E-state index contributed by atoms with van der Waals surface area (Å²) in [5.74, 6) is 0.825. The smallest absolute Gasteiger partial charge is 0.237 e. The predicted octanol–water partition coefficient (Wildman–Crippen LogP) is 3.84. The number of carbonyl (C=O) groups is 1. The van der Waals surface area contributed by atoms with E-state index in [1.165, 1.54) is 11.1 Å². The molecule has 2 aromatic rings. The van der Waals surface area contributed by atoms with Crippen LogP contribution >= 0.6 is 11.8 Å². The molecule has 0 saturated heterocycles. The van der Waals surface area contributed by atoms with E-state index in [9.17, 15) is 4.79 Å². The SMILES string of the molecule is Cc1cccc(CSC(C)C(=O)Nc2cccc(N)c2)c1. The number of rotatable bonds is 5. The molecule has 0 radical (unpaired) electrons. The van der Waals surface area contributed by atoms with Crippen LogP contribution < -0.4 is 11.1 Å². The largest absolute Gasteiger partial charge is 0.399 e. The topological polar surface area (TPSA) is 55.1 Å². The molecule has 2 aromatic carbocycles. The molecule has 0 bridgehead atoms. The first-order valence-electron chi connectivity index (χ1n) is 6.88. The van der Waals surface area contributed by atoms with Gasteiger partial charge in [0, 0.05) is 17.1 Å². The van der Waals surface area contributed by atoms with Crippen LogP contribution in [-0.2, 0) is 10.5 Å². The summed E-state index contributed by atoms with van der Waals surface area (Å²) in [6.07, 6.45) is 0. The maximum Gasteiger partial charge on any atom is 0.237 e. The van der Waals surface area contributed by atoms with Crippen molar-refractivity contribution in [3.63, 3.8) is 0 Å². The third-order valence-corrected chi connectivity index (χ3v) is 4.32. The Morgan fingerprint density at radius 3 is 2.71 bits per heavy atom. The van der Waals surface area contributed by atoms with Crippen molar-refractivity contribution in [1.29, 1.82) is 0 Å². The number of hydrogen-bond donors (Lipinski definition) is 2. The van der Waals surface area contributed by atoms with Gasteiger partial charge in [0.2, 0.25) is 5.91 Å². The number of thioether (sulfide) groups is 1. The second-order valence-corrected chi connectivity index (χ2v) is 6.39. The number of hydrogen-bond acceptors (Lipinski definition) is 3. The van der Waals surface area contributed by atoms with Gasteiger partial charge in [-0.3, -0.25) is 4.79 Å². The van der Waals surface area contributed by atoms with E-state index < -0.39 is 0 Å². The Kier molecular flexibility index (Phi) is 5.28. The van der Waals surface area contributed by atoms with Gasteiger partial charge in [0.1, 0.15) is 0 Å². The van der Waals surface area contributed by atoms with Gasteiger partial charge in [-0.15, -0.1) is 11.8 Å². The van der Waals surface area contributed by atoms with Crippen molar-refractivity contribution in [3.8, 4) is 0 Å². The molecule has 21 heavy (non-hydrogen) atoms. The van der Waals surface area contributed by atoms with Crippen LogP contribution in [0.25, 0.3) is 0 Å². The van der Waals surface area contributed by atoms with E-state index in [4.69, 9.17) is 5.73 Å². The Morgan fingerprint density at radius 1 is 1.24 bits per heavy atom. The Balaban J connectivity index is 1.88. The van der Waals surface area contributed by atoms with Crippen molar-refractivity contribution < 1.29 is 4.79 Å². The van der Waals surface area contributed by atoms with Gasteiger partial charge in [0.05, 0.1) is 5.25 Å². The lowest BCUT2D eigenvalue weighted by atomic mass is 10.2. The average molecular weight is 300 g/mol. The quantitative estimate of drug-likeness (QED) is 0.825. The summed E-state index contributed by atoms with van der Waals surface area (Å²) in [5.41, 5.74) is 9.57. The van der Waals surface area contributed by atoms with Crippen LogP contribution in [0.5, 0.6) is 0 Å². The number of carbonyl (C=O) groups excluding carboxylic acids is 1. The lowest BCUT2D eigenvalue weighted by Crippen LogP contribution is -2.22. The molecule has 0 spiro atoms. The highest BCUT2D eigenvalue weighted by molar-refractivity contribution is 7.99. The Morgan fingerprint density at radius 2 is 2.00 bits per heavy atom. The molecule has 0 saturated carbocycles. The summed E-state index contributed by atoms with van der Waals surface area (Å²) >= 11 is 1.63. The monoisotopic (exact) mass is 300 g/mol. The molecule has 0 heterocycles. The van der Waals surface area contributed by atoms with Crippen LogP contribution in [0.4, 0.5) is 11.4 Å².